The molecule has 2 saturated heterocycles. The van der Waals surface area contributed by atoms with Crippen molar-refractivity contribution in [3.05, 3.63) is 24.3 Å². The Morgan fingerprint density at radius 1 is 1.02 bits per heavy atom. The SMILES string of the molecule is CCCC(=O)O[C@H]1[C@H](C)O[C@@H](O[C@H]2[C@H](N(C)C)[C@@H](O)[C@H](O[C@H]3[C@@H](CC=O)C[C@@H](C)[C@@H](O)/C=C/C=C/C[C@@H](C)OC(=O)C[C@@H](OC(C)=O)[C@@H]3OC)O[C@@H]2C)C[C@@]1(C)O. The maximum absolute atomic E-state index is 13.2. The predicted octanol–water partition coefficient (Wildman–Crippen LogP) is 2.77. The molecule has 0 unspecified atom stereocenters. The molecule has 0 radical (unpaired) electrons. The number of nitrogens with zero attached hydrogens (tertiary/aromatic N) is 1. The molecule has 16 heteroatoms. The van der Waals surface area contributed by atoms with Gasteiger partial charge in [-0.05, 0) is 66.5 Å². The van der Waals surface area contributed by atoms with Gasteiger partial charge in [-0.2, -0.15) is 0 Å². The van der Waals surface area contributed by atoms with Gasteiger partial charge in [-0.15, -0.1) is 0 Å². The van der Waals surface area contributed by atoms with Crippen molar-refractivity contribution in [1.82, 2.24) is 4.90 Å². The van der Waals surface area contributed by atoms with Crippen LogP contribution in [0.25, 0.3) is 0 Å². The number of ether oxygens (including phenoxy) is 8. The van der Waals surface area contributed by atoms with Gasteiger partial charge < -0.3 is 62.9 Å². The van der Waals surface area contributed by atoms with Crippen molar-refractivity contribution in [3.8, 4) is 0 Å². The largest absolute Gasteiger partial charge is 0.462 e. The average Bonchev–Trinajstić information content (AvgIpc) is 3.10. The number of cyclic esters (lactones) is 1. The zero-order valence-electron chi connectivity index (χ0n) is 35.2. The third kappa shape index (κ3) is 13.9. The van der Waals surface area contributed by atoms with Crippen LogP contribution in [0, 0.1) is 11.8 Å². The van der Waals surface area contributed by atoms with Gasteiger partial charge in [0.05, 0.1) is 36.9 Å². The Kier molecular flexibility index (Phi) is 19.2. The standard InChI is InChI=1S/C41H67NO15/c1-11-15-31(46)55-39-26(5)52-33(22-41(39,7)49)56-36-25(4)53-40(35(48)34(36)42(8)9)57-37-28(18-19-43)20-23(2)29(45)17-14-12-13-16-24(3)51-32(47)21-30(38(37)50-10)54-27(6)44/h12-14,17,19,23-26,28-30,33-40,45,48-49H,11,15-16,18,20-22H2,1-10H3/b13-12+,17-14+/t23-,24-,25-,26+,28+,29+,30-,33+,34-,35-,36-,37+,38+,39+,40+,41-/m1/s1. The molecule has 3 aliphatic rings. The summed E-state index contributed by atoms with van der Waals surface area (Å²) in [5.74, 6) is -2.88. The molecule has 0 spiro atoms. The second-order valence-corrected chi connectivity index (χ2v) is 16.1. The smallest absolute Gasteiger partial charge is 0.309 e. The maximum atomic E-state index is 13.2. The zero-order valence-corrected chi connectivity index (χ0v) is 35.2. The molecular formula is C41H67NO15. The molecule has 0 amide bonds. The Balaban J connectivity index is 1.99. The third-order valence-electron chi connectivity index (χ3n) is 10.8. The van der Waals surface area contributed by atoms with Crippen molar-refractivity contribution in [2.75, 3.05) is 21.2 Å². The molecule has 3 rings (SSSR count). The fourth-order valence-corrected chi connectivity index (χ4v) is 7.96. The van der Waals surface area contributed by atoms with Gasteiger partial charge in [-0.25, -0.2) is 0 Å². The van der Waals surface area contributed by atoms with Gasteiger partial charge in [0.15, 0.2) is 18.7 Å². The average molecular weight is 814 g/mol. The molecule has 0 aromatic rings. The lowest BCUT2D eigenvalue weighted by Crippen LogP contribution is -2.66. The molecule has 16 atom stereocenters. The van der Waals surface area contributed by atoms with Gasteiger partial charge >= 0.3 is 17.9 Å². The van der Waals surface area contributed by atoms with Crippen molar-refractivity contribution in [3.63, 3.8) is 0 Å². The number of methoxy groups -OCH3 is 1. The van der Waals surface area contributed by atoms with E-state index in [0.29, 0.717) is 19.1 Å². The Hall–Kier alpha value is -2.80. The van der Waals surface area contributed by atoms with E-state index in [1.54, 1.807) is 71.0 Å². The van der Waals surface area contributed by atoms with Gasteiger partial charge in [0.25, 0.3) is 0 Å². The van der Waals surface area contributed by atoms with E-state index in [2.05, 4.69) is 0 Å². The number of allylic oxidation sites excluding steroid dienone is 2. The number of hydrogen-bond donors (Lipinski definition) is 3. The van der Waals surface area contributed by atoms with Gasteiger partial charge in [-0.1, -0.05) is 38.2 Å². The number of aldehydes is 1. The summed E-state index contributed by atoms with van der Waals surface area (Å²) >= 11 is 0. The minimum Gasteiger partial charge on any atom is -0.462 e. The Morgan fingerprint density at radius 2 is 1.72 bits per heavy atom. The quantitative estimate of drug-likeness (QED) is 0.147. The summed E-state index contributed by atoms with van der Waals surface area (Å²) in [6.45, 7) is 11.6. The molecule has 16 nitrogen and oxygen atoms in total. The highest BCUT2D eigenvalue weighted by Crippen LogP contribution is 2.37. The Bertz CT molecular complexity index is 1350. The number of aliphatic hydroxyl groups is 3. The molecule has 2 fully saturated rings. The van der Waals surface area contributed by atoms with Crippen LogP contribution in [0.5, 0.6) is 0 Å². The highest BCUT2D eigenvalue weighted by Gasteiger charge is 2.53. The Labute approximate surface area is 337 Å². The summed E-state index contributed by atoms with van der Waals surface area (Å²) in [5, 5.41) is 34.5. The second kappa shape index (κ2) is 22.5. The van der Waals surface area contributed by atoms with E-state index in [1.165, 1.54) is 14.0 Å². The van der Waals surface area contributed by atoms with E-state index in [1.807, 2.05) is 13.8 Å². The maximum Gasteiger partial charge on any atom is 0.309 e. The first kappa shape index (κ1) is 48.6. The molecule has 0 aromatic heterocycles. The lowest BCUT2D eigenvalue weighted by atomic mass is 9.82. The van der Waals surface area contributed by atoms with Crippen LogP contribution in [0.1, 0.15) is 93.4 Å². The molecule has 3 N–H and O–H groups in total. The number of aliphatic hydroxyl groups excluding tert-OH is 2. The number of likely N-dealkylation sites (N-methyl/N-ethyl adjacent to an activating group) is 1. The van der Waals surface area contributed by atoms with Crippen LogP contribution in [0.2, 0.25) is 0 Å². The van der Waals surface area contributed by atoms with Gasteiger partial charge in [0.2, 0.25) is 0 Å². The second-order valence-electron chi connectivity index (χ2n) is 16.1. The van der Waals surface area contributed by atoms with Crippen molar-refractivity contribution >= 4 is 24.2 Å². The van der Waals surface area contributed by atoms with E-state index in [-0.39, 0.29) is 25.7 Å². The number of rotatable bonds is 12. The van der Waals surface area contributed by atoms with Crippen LogP contribution in [-0.2, 0) is 57.1 Å². The summed E-state index contributed by atoms with van der Waals surface area (Å²) in [5.41, 5.74) is -1.49. The van der Waals surface area contributed by atoms with E-state index in [0.717, 1.165) is 0 Å². The lowest BCUT2D eigenvalue weighted by Gasteiger charge is -2.50. The summed E-state index contributed by atoms with van der Waals surface area (Å²) in [6, 6.07) is -0.779. The summed E-state index contributed by atoms with van der Waals surface area (Å²) in [7, 11) is 4.85. The molecular weight excluding hydrogens is 746 g/mol. The number of hydrogen-bond acceptors (Lipinski definition) is 16. The molecule has 3 aliphatic heterocycles. The van der Waals surface area contributed by atoms with Crippen LogP contribution in [0.15, 0.2) is 24.3 Å². The van der Waals surface area contributed by atoms with Gasteiger partial charge in [-0.3, -0.25) is 14.4 Å². The number of carbonyl (C=O) groups excluding carboxylic acids is 4. The van der Waals surface area contributed by atoms with Crippen LogP contribution < -0.4 is 0 Å². The van der Waals surface area contributed by atoms with Crippen LogP contribution >= 0.6 is 0 Å². The predicted molar refractivity (Wildman–Crippen MR) is 205 cm³/mol. The number of esters is 3. The molecule has 57 heavy (non-hydrogen) atoms. The summed E-state index contributed by atoms with van der Waals surface area (Å²) in [6.07, 6.45) is -3.45. The first-order valence-corrected chi connectivity index (χ1v) is 20.1. The molecule has 3 heterocycles. The fourth-order valence-electron chi connectivity index (χ4n) is 7.96. The van der Waals surface area contributed by atoms with Crippen molar-refractivity contribution < 1.29 is 72.4 Å². The first-order chi connectivity index (χ1) is 26.8. The Morgan fingerprint density at radius 3 is 2.32 bits per heavy atom. The first-order valence-electron chi connectivity index (χ1n) is 20.1. The number of carbonyl (C=O) groups is 4. The third-order valence-corrected chi connectivity index (χ3v) is 10.8. The lowest BCUT2D eigenvalue weighted by molar-refractivity contribution is -0.344. The summed E-state index contributed by atoms with van der Waals surface area (Å²) < 4.78 is 48.4. The molecule has 0 aliphatic carbocycles. The minimum atomic E-state index is -1.49. The zero-order chi connectivity index (χ0) is 42.6. The van der Waals surface area contributed by atoms with Crippen LogP contribution in [0.4, 0.5) is 0 Å². The molecule has 0 bridgehead atoms. The van der Waals surface area contributed by atoms with Crippen molar-refractivity contribution in [2.45, 2.75) is 179 Å². The molecule has 0 saturated carbocycles. The van der Waals surface area contributed by atoms with E-state index < -0.39 is 121 Å². The highest BCUT2D eigenvalue weighted by atomic mass is 16.7. The van der Waals surface area contributed by atoms with Crippen molar-refractivity contribution in [2.24, 2.45) is 11.8 Å². The minimum absolute atomic E-state index is 0.0416. The van der Waals surface area contributed by atoms with E-state index >= 15 is 0 Å². The molecule has 326 valence electrons. The van der Waals surface area contributed by atoms with Gasteiger partial charge in [0, 0.05) is 39.7 Å². The topological polar surface area (TPSA) is 206 Å². The summed E-state index contributed by atoms with van der Waals surface area (Å²) in [4.78, 5) is 52.0. The van der Waals surface area contributed by atoms with E-state index in [4.69, 9.17) is 37.9 Å². The highest BCUT2D eigenvalue weighted by molar-refractivity contribution is 5.72. The molecule has 0 aromatic carbocycles. The fraction of sp³-hybridized carbons (Fsp3) is 0.805. The van der Waals surface area contributed by atoms with Gasteiger partial charge in [0.1, 0.15) is 42.4 Å². The van der Waals surface area contributed by atoms with Crippen molar-refractivity contribution in [1.29, 1.82) is 0 Å². The normalized spacial score (nSPS) is 41.1. The van der Waals surface area contributed by atoms with Crippen LogP contribution in [0.3, 0.4) is 0 Å². The van der Waals surface area contributed by atoms with Crippen LogP contribution in [-0.4, -0.2) is 151 Å². The monoisotopic (exact) mass is 813 g/mol. The van der Waals surface area contributed by atoms with E-state index in [9.17, 15) is 34.5 Å².